The number of ether oxygens (including phenoxy) is 1. The number of aromatic nitrogens is 2. The molecular weight excluding hydrogens is 276 g/mol. The van der Waals surface area contributed by atoms with Crippen LogP contribution in [0.25, 0.3) is 11.3 Å². The van der Waals surface area contributed by atoms with Crippen LogP contribution in [0.15, 0.2) is 53.3 Å². The van der Waals surface area contributed by atoms with Gasteiger partial charge >= 0.3 is 0 Å². The maximum atomic E-state index is 5.84. The van der Waals surface area contributed by atoms with Crippen molar-refractivity contribution in [1.82, 2.24) is 9.97 Å². The van der Waals surface area contributed by atoms with Crippen molar-refractivity contribution in [3.05, 3.63) is 65.8 Å². The topological polar surface area (TPSA) is 48.2 Å². The van der Waals surface area contributed by atoms with Gasteiger partial charge in [0, 0.05) is 23.5 Å². The third-order valence-corrected chi connectivity index (χ3v) is 3.91. The first-order valence-corrected chi connectivity index (χ1v) is 7.49. The molecule has 0 spiro atoms. The molecule has 0 fully saturated rings. The minimum atomic E-state index is 0.421. The Kier molecular flexibility index (Phi) is 3.35. The third kappa shape index (κ3) is 2.48. The average Bonchev–Trinajstić information content (AvgIpc) is 3.24. The van der Waals surface area contributed by atoms with Gasteiger partial charge in [-0.15, -0.1) is 0 Å². The molecule has 1 aliphatic rings. The fraction of sp³-hybridized carbons (Fsp3) is 0.222. The number of hydrogen-bond acceptors (Lipinski definition) is 4. The van der Waals surface area contributed by atoms with Crippen molar-refractivity contribution >= 4 is 0 Å². The van der Waals surface area contributed by atoms with Crippen LogP contribution in [0.4, 0.5) is 0 Å². The molecule has 4 heteroatoms. The second-order valence-electron chi connectivity index (χ2n) is 5.37. The molecule has 0 aromatic carbocycles. The van der Waals surface area contributed by atoms with Crippen LogP contribution in [0, 0.1) is 0 Å². The first kappa shape index (κ1) is 13.1. The van der Waals surface area contributed by atoms with Crippen molar-refractivity contribution in [2.45, 2.75) is 25.9 Å². The first-order valence-electron chi connectivity index (χ1n) is 7.49. The highest BCUT2D eigenvalue weighted by Gasteiger charge is 2.20. The zero-order valence-electron chi connectivity index (χ0n) is 12.2. The number of fused-ring (bicyclic) bond motifs is 1. The molecule has 0 amide bonds. The predicted molar refractivity (Wildman–Crippen MR) is 82.5 cm³/mol. The van der Waals surface area contributed by atoms with Crippen molar-refractivity contribution in [2.24, 2.45) is 0 Å². The van der Waals surface area contributed by atoms with Crippen LogP contribution >= 0.6 is 0 Å². The molecule has 3 aromatic heterocycles. The first-order chi connectivity index (χ1) is 10.9. The van der Waals surface area contributed by atoms with Gasteiger partial charge in [-0.2, -0.15) is 0 Å². The van der Waals surface area contributed by atoms with E-state index in [1.807, 2.05) is 36.4 Å². The molecule has 3 aromatic rings. The third-order valence-electron chi connectivity index (χ3n) is 3.91. The molecule has 3 heterocycles. The number of hydrogen-bond donors (Lipinski definition) is 0. The largest absolute Gasteiger partial charge is 0.471 e. The Morgan fingerprint density at radius 1 is 1.14 bits per heavy atom. The van der Waals surface area contributed by atoms with Gasteiger partial charge < -0.3 is 9.15 Å². The van der Waals surface area contributed by atoms with Crippen molar-refractivity contribution in [3.63, 3.8) is 0 Å². The molecule has 0 N–H and O–H groups in total. The van der Waals surface area contributed by atoms with Gasteiger partial charge in [0.05, 0.1) is 12.0 Å². The van der Waals surface area contributed by atoms with E-state index < -0.39 is 0 Å². The second-order valence-corrected chi connectivity index (χ2v) is 5.37. The lowest BCUT2D eigenvalue weighted by Crippen LogP contribution is -2.02. The lowest BCUT2D eigenvalue weighted by Gasteiger charge is -2.10. The van der Waals surface area contributed by atoms with E-state index in [2.05, 4.69) is 9.97 Å². The molecule has 4 rings (SSSR count). The van der Waals surface area contributed by atoms with E-state index in [4.69, 9.17) is 9.15 Å². The Morgan fingerprint density at radius 3 is 2.95 bits per heavy atom. The van der Waals surface area contributed by atoms with Crippen molar-refractivity contribution in [2.75, 3.05) is 0 Å². The zero-order valence-corrected chi connectivity index (χ0v) is 12.2. The summed E-state index contributed by atoms with van der Waals surface area (Å²) in [5.74, 6) is 1.51. The number of furan rings is 1. The second kappa shape index (κ2) is 5.64. The van der Waals surface area contributed by atoms with Gasteiger partial charge in [0.15, 0.2) is 0 Å². The van der Waals surface area contributed by atoms with E-state index in [9.17, 15) is 0 Å². The molecule has 0 radical (unpaired) electrons. The molecule has 22 heavy (non-hydrogen) atoms. The number of rotatable bonds is 4. The highest BCUT2D eigenvalue weighted by atomic mass is 16.5. The Morgan fingerprint density at radius 2 is 2.14 bits per heavy atom. The minimum absolute atomic E-state index is 0.421. The number of pyridine rings is 2. The maximum Gasteiger partial charge on any atom is 0.214 e. The van der Waals surface area contributed by atoms with Gasteiger partial charge in [0.1, 0.15) is 12.4 Å². The lowest BCUT2D eigenvalue weighted by atomic mass is 10.1. The van der Waals surface area contributed by atoms with E-state index >= 15 is 0 Å². The Hall–Kier alpha value is -2.62. The monoisotopic (exact) mass is 292 g/mol. The van der Waals surface area contributed by atoms with E-state index in [1.54, 1.807) is 12.5 Å². The maximum absolute atomic E-state index is 5.84. The molecule has 0 atom stereocenters. The summed E-state index contributed by atoms with van der Waals surface area (Å²) in [4.78, 5) is 8.91. The van der Waals surface area contributed by atoms with Crippen LogP contribution in [0.2, 0.25) is 0 Å². The van der Waals surface area contributed by atoms with Crippen LogP contribution in [0.5, 0.6) is 5.88 Å². The van der Waals surface area contributed by atoms with Gasteiger partial charge in [-0.05, 0) is 49.1 Å². The number of nitrogens with zero attached hydrogens (tertiary/aromatic N) is 2. The smallest absolute Gasteiger partial charge is 0.214 e. The highest BCUT2D eigenvalue weighted by Crippen LogP contribution is 2.34. The van der Waals surface area contributed by atoms with Crippen LogP contribution in [-0.2, 0) is 19.4 Å². The van der Waals surface area contributed by atoms with E-state index in [0.29, 0.717) is 12.5 Å². The standard InChI is InChI=1S/C18H16N2O2/c1-2-9-19-13(5-1)12-22-18-11-15(17-8-4-10-21-17)14-6-3-7-16(14)20-18/h1-2,4-5,8-11H,3,6-7,12H2. The predicted octanol–water partition coefficient (Wildman–Crippen LogP) is 3.80. The highest BCUT2D eigenvalue weighted by molar-refractivity contribution is 5.65. The molecule has 0 unspecified atom stereocenters. The Balaban J connectivity index is 1.65. The Labute approximate surface area is 128 Å². The van der Waals surface area contributed by atoms with Crippen LogP contribution < -0.4 is 4.74 Å². The van der Waals surface area contributed by atoms with Gasteiger partial charge in [0.25, 0.3) is 0 Å². The van der Waals surface area contributed by atoms with E-state index in [0.717, 1.165) is 42.0 Å². The van der Waals surface area contributed by atoms with Crippen molar-refractivity contribution in [3.8, 4) is 17.2 Å². The quantitative estimate of drug-likeness (QED) is 0.733. The summed E-state index contributed by atoms with van der Waals surface area (Å²) in [7, 11) is 0. The molecule has 0 aliphatic heterocycles. The molecule has 4 nitrogen and oxygen atoms in total. The summed E-state index contributed by atoms with van der Waals surface area (Å²) in [6.45, 7) is 0.421. The fourth-order valence-corrected chi connectivity index (χ4v) is 2.87. The Bertz CT molecular complexity index is 767. The minimum Gasteiger partial charge on any atom is -0.471 e. The number of aryl methyl sites for hydroxylation is 1. The van der Waals surface area contributed by atoms with Crippen LogP contribution in [0.3, 0.4) is 0 Å². The lowest BCUT2D eigenvalue weighted by molar-refractivity contribution is 0.288. The van der Waals surface area contributed by atoms with E-state index in [1.165, 1.54) is 5.56 Å². The van der Waals surface area contributed by atoms with Gasteiger partial charge in [-0.25, -0.2) is 4.98 Å². The molecule has 0 saturated carbocycles. The summed E-state index contributed by atoms with van der Waals surface area (Å²) in [6, 6.07) is 11.7. The van der Waals surface area contributed by atoms with Gasteiger partial charge in [-0.1, -0.05) is 6.07 Å². The van der Waals surface area contributed by atoms with Crippen LogP contribution in [-0.4, -0.2) is 9.97 Å². The normalized spacial score (nSPS) is 13.1. The summed E-state index contributed by atoms with van der Waals surface area (Å²) < 4.78 is 11.4. The van der Waals surface area contributed by atoms with Gasteiger partial charge in [-0.3, -0.25) is 4.98 Å². The molecular formula is C18H16N2O2. The average molecular weight is 292 g/mol. The van der Waals surface area contributed by atoms with Crippen LogP contribution in [0.1, 0.15) is 23.4 Å². The van der Waals surface area contributed by atoms with Crippen molar-refractivity contribution < 1.29 is 9.15 Å². The summed E-state index contributed by atoms with van der Waals surface area (Å²) in [6.07, 6.45) is 6.66. The van der Waals surface area contributed by atoms with Crippen molar-refractivity contribution in [1.29, 1.82) is 0 Å². The molecule has 110 valence electrons. The van der Waals surface area contributed by atoms with E-state index in [-0.39, 0.29) is 0 Å². The molecule has 0 saturated heterocycles. The summed E-state index contributed by atoms with van der Waals surface area (Å²) in [5.41, 5.74) is 4.41. The fourth-order valence-electron chi connectivity index (χ4n) is 2.87. The summed E-state index contributed by atoms with van der Waals surface area (Å²) in [5, 5.41) is 0. The molecule has 0 bridgehead atoms. The SMILES string of the molecule is c1ccc(COc2cc(-c3ccco3)c3c(n2)CCC3)nc1. The van der Waals surface area contributed by atoms with Gasteiger partial charge in [0.2, 0.25) is 5.88 Å². The summed E-state index contributed by atoms with van der Waals surface area (Å²) >= 11 is 0. The molecule has 1 aliphatic carbocycles. The zero-order chi connectivity index (χ0) is 14.8.